The summed E-state index contributed by atoms with van der Waals surface area (Å²) in [7, 11) is 0. The molecule has 1 rings (SSSR count). The van der Waals surface area contributed by atoms with Gasteiger partial charge in [0, 0.05) is 10.6 Å². The molecule has 0 aliphatic carbocycles. The van der Waals surface area contributed by atoms with Crippen LogP contribution in [0, 0.1) is 5.82 Å². The first-order valence-corrected chi connectivity index (χ1v) is 6.16. The number of ether oxygens (including phenoxy) is 1. The van der Waals surface area contributed by atoms with Gasteiger partial charge in [-0.1, -0.05) is 17.7 Å². The number of amides is 1. The summed E-state index contributed by atoms with van der Waals surface area (Å²) in [5, 5.41) is 11.9. The molecule has 0 bridgehead atoms. The highest BCUT2D eigenvalue weighted by Crippen LogP contribution is 2.21. The van der Waals surface area contributed by atoms with Gasteiger partial charge in [0.05, 0.1) is 12.6 Å². The Balaban J connectivity index is 2.81. The van der Waals surface area contributed by atoms with Gasteiger partial charge in [-0.3, -0.25) is 0 Å². The number of rotatable bonds is 3. The molecular formula is C13H17ClFNO3. The van der Waals surface area contributed by atoms with Gasteiger partial charge in [-0.25, -0.2) is 9.18 Å². The van der Waals surface area contributed by atoms with Crippen LogP contribution in [0.1, 0.15) is 32.4 Å². The van der Waals surface area contributed by atoms with E-state index in [1.54, 1.807) is 20.8 Å². The molecule has 6 heteroatoms. The Labute approximate surface area is 116 Å². The summed E-state index contributed by atoms with van der Waals surface area (Å²) in [6, 6.07) is 3.14. The van der Waals surface area contributed by atoms with Gasteiger partial charge in [0.25, 0.3) is 0 Å². The molecule has 1 aromatic carbocycles. The number of hydrogen-bond donors (Lipinski definition) is 2. The van der Waals surface area contributed by atoms with Gasteiger partial charge in [0.15, 0.2) is 0 Å². The van der Waals surface area contributed by atoms with Crippen LogP contribution in [-0.4, -0.2) is 23.4 Å². The van der Waals surface area contributed by atoms with E-state index in [1.165, 1.54) is 12.1 Å². The van der Waals surface area contributed by atoms with Crippen LogP contribution in [0.25, 0.3) is 0 Å². The van der Waals surface area contributed by atoms with Crippen molar-refractivity contribution in [1.29, 1.82) is 0 Å². The Bertz CT molecular complexity index is 460. The molecule has 0 radical (unpaired) electrons. The quantitative estimate of drug-likeness (QED) is 0.899. The Kier molecular flexibility index (Phi) is 5.14. The summed E-state index contributed by atoms with van der Waals surface area (Å²) >= 11 is 5.64. The zero-order chi connectivity index (χ0) is 14.6. The molecule has 0 unspecified atom stereocenters. The second kappa shape index (κ2) is 6.21. The lowest BCUT2D eigenvalue weighted by Gasteiger charge is -2.23. The lowest BCUT2D eigenvalue weighted by molar-refractivity contribution is 0.0480. The number of nitrogens with one attached hydrogen (secondary N) is 1. The summed E-state index contributed by atoms with van der Waals surface area (Å²) in [6.07, 6.45) is -0.721. The van der Waals surface area contributed by atoms with Gasteiger partial charge >= 0.3 is 6.09 Å². The van der Waals surface area contributed by atoms with Crippen molar-refractivity contribution >= 4 is 17.7 Å². The largest absolute Gasteiger partial charge is 0.444 e. The summed E-state index contributed by atoms with van der Waals surface area (Å²) in [5.41, 5.74) is -0.513. The third-order valence-electron chi connectivity index (χ3n) is 2.21. The van der Waals surface area contributed by atoms with E-state index in [4.69, 9.17) is 16.3 Å². The van der Waals surface area contributed by atoms with Crippen molar-refractivity contribution in [2.75, 3.05) is 6.61 Å². The third-order valence-corrected chi connectivity index (χ3v) is 2.45. The molecule has 19 heavy (non-hydrogen) atoms. The molecule has 0 spiro atoms. The highest BCUT2D eigenvalue weighted by atomic mass is 35.5. The highest BCUT2D eigenvalue weighted by Gasteiger charge is 2.22. The van der Waals surface area contributed by atoms with Crippen molar-refractivity contribution in [3.63, 3.8) is 0 Å². The molecule has 0 saturated heterocycles. The highest BCUT2D eigenvalue weighted by molar-refractivity contribution is 6.30. The van der Waals surface area contributed by atoms with Crippen molar-refractivity contribution in [2.24, 2.45) is 0 Å². The maximum absolute atomic E-state index is 13.7. The van der Waals surface area contributed by atoms with Gasteiger partial charge in [-0.2, -0.15) is 0 Å². The molecule has 0 aliphatic heterocycles. The number of aliphatic hydroxyl groups excluding tert-OH is 1. The number of benzene rings is 1. The van der Waals surface area contributed by atoms with E-state index in [2.05, 4.69) is 5.32 Å². The molecule has 106 valence electrons. The van der Waals surface area contributed by atoms with Gasteiger partial charge in [0.1, 0.15) is 11.4 Å². The summed E-state index contributed by atoms with van der Waals surface area (Å²) in [5.74, 6) is -0.595. The molecule has 0 aromatic heterocycles. The van der Waals surface area contributed by atoms with E-state index < -0.39 is 30.2 Å². The van der Waals surface area contributed by atoms with Crippen LogP contribution in [0.4, 0.5) is 9.18 Å². The fourth-order valence-corrected chi connectivity index (χ4v) is 1.61. The minimum atomic E-state index is -0.882. The topological polar surface area (TPSA) is 58.6 Å². The Morgan fingerprint density at radius 3 is 2.63 bits per heavy atom. The smallest absolute Gasteiger partial charge is 0.408 e. The average Bonchev–Trinajstić information content (AvgIpc) is 2.24. The van der Waals surface area contributed by atoms with Crippen LogP contribution in [0.15, 0.2) is 18.2 Å². The molecule has 2 N–H and O–H groups in total. The minimum Gasteiger partial charge on any atom is -0.444 e. The predicted molar refractivity (Wildman–Crippen MR) is 70.6 cm³/mol. The van der Waals surface area contributed by atoms with E-state index in [0.717, 1.165) is 6.07 Å². The predicted octanol–water partition coefficient (Wildman–Crippen LogP) is 3.04. The van der Waals surface area contributed by atoms with Crippen molar-refractivity contribution in [2.45, 2.75) is 32.4 Å². The van der Waals surface area contributed by atoms with Crippen LogP contribution < -0.4 is 5.32 Å². The molecule has 0 fully saturated rings. The van der Waals surface area contributed by atoms with Crippen molar-refractivity contribution in [3.8, 4) is 0 Å². The third kappa shape index (κ3) is 5.04. The zero-order valence-corrected chi connectivity index (χ0v) is 11.8. The van der Waals surface area contributed by atoms with E-state index in [-0.39, 0.29) is 10.6 Å². The summed E-state index contributed by atoms with van der Waals surface area (Å²) < 4.78 is 18.7. The number of halogens is 2. The molecule has 0 saturated carbocycles. The van der Waals surface area contributed by atoms with Gasteiger partial charge in [0.2, 0.25) is 0 Å². The molecule has 0 aliphatic rings. The van der Waals surface area contributed by atoms with Crippen molar-refractivity contribution in [1.82, 2.24) is 5.32 Å². The Morgan fingerprint density at radius 2 is 2.16 bits per heavy atom. The monoisotopic (exact) mass is 289 g/mol. The zero-order valence-electron chi connectivity index (χ0n) is 11.0. The number of hydrogen-bond acceptors (Lipinski definition) is 3. The average molecular weight is 290 g/mol. The second-order valence-electron chi connectivity index (χ2n) is 5.05. The molecular weight excluding hydrogens is 273 g/mol. The van der Waals surface area contributed by atoms with Gasteiger partial charge < -0.3 is 15.2 Å². The van der Waals surface area contributed by atoms with Gasteiger partial charge in [-0.05, 0) is 32.9 Å². The van der Waals surface area contributed by atoms with E-state index >= 15 is 0 Å². The van der Waals surface area contributed by atoms with E-state index in [0.29, 0.717) is 0 Å². The Morgan fingerprint density at radius 1 is 1.53 bits per heavy atom. The molecule has 1 atom stereocenters. The molecule has 4 nitrogen and oxygen atoms in total. The first-order chi connectivity index (χ1) is 8.73. The van der Waals surface area contributed by atoms with Crippen molar-refractivity contribution < 1.29 is 19.0 Å². The molecule has 0 heterocycles. The maximum Gasteiger partial charge on any atom is 0.408 e. The second-order valence-corrected chi connectivity index (χ2v) is 5.48. The number of carbonyl (C=O) groups excluding carboxylic acids is 1. The lowest BCUT2D eigenvalue weighted by Crippen LogP contribution is -2.36. The fraction of sp³-hybridized carbons (Fsp3) is 0.462. The van der Waals surface area contributed by atoms with Crippen LogP contribution >= 0.6 is 11.6 Å². The van der Waals surface area contributed by atoms with Crippen LogP contribution in [0.3, 0.4) is 0 Å². The number of alkyl carbamates (subject to hydrolysis) is 1. The summed E-state index contributed by atoms with van der Waals surface area (Å²) in [6.45, 7) is 4.69. The SMILES string of the molecule is CC(C)(C)OC(=O)N[C@H](CO)c1ccc(Cl)cc1F. The first-order valence-electron chi connectivity index (χ1n) is 5.78. The lowest BCUT2D eigenvalue weighted by atomic mass is 10.1. The minimum absolute atomic E-state index is 0.151. The van der Waals surface area contributed by atoms with Gasteiger partial charge in [-0.15, -0.1) is 0 Å². The van der Waals surface area contributed by atoms with E-state index in [1.807, 2.05) is 0 Å². The fourth-order valence-electron chi connectivity index (χ4n) is 1.46. The molecule has 1 amide bonds. The Hall–Kier alpha value is -1.33. The van der Waals surface area contributed by atoms with Crippen LogP contribution in [0.5, 0.6) is 0 Å². The van der Waals surface area contributed by atoms with Crippen molar-refractivity contribution in [3.05, 3.63) is 34.6 Å². The van der Waals surface area contributed by atoms with Crippen LogP contribution in [0.2, 0.25) is 5.02 Å². The molecule has 1 aromatic rings. The van der Waals surface area contributed by atoms with E-state index in [9.17, 15) is 14.3 Å². The first kappa shape index (κ1) is 15.7. The number of carbonyl (C=O) groups is 1. The number of aliphatic hydroxyl groups is 1. The normalized spacial score (nSPS) is 12.9. The maximum atomic E-state index is 13.7. The summed E-state index contributed by atoms with van der Waals surface area (Å²) in [4.78, 5) is 11.6. The standard InChI is InChI=1S/C13H17ClFNO3/c1-13(2,3)19-12(18)16-11(7-17)9-5-4-8(14)6-10(9)15/h4-6,11,17H,7H2,1-3H3,(H,16,18)/t11-/m1/s1. The van der Waals surface area contributed by atoms with Crippen LogP contribution in [-0.2, 0) is 4.74 Å².